The third kappa shape index (κ3) is 3.42. The summed E-state index contributed by atoms with van der Waals surface area (Å²) in [7, 11) is 0. The number of carbonyl (C=O) groups is 1. The molecule has 6 nitrogen and oxygen atoms in total. The first-order valence-corrected chi connectivity index (χ1v) is 6.28. The number of phenols is 1. The highest BCUT2D eigenvalue weighted by Crippen LogP contribution is 2.32. The number of rotatable bonds is 3. The molecular weight excluding hydrogens is 321 g/mol. The van der Waals surface area contributed by atoms with Crippen molar-refractivity contribution in [2.45, 2.75) is 0 Å². The van der Waals surface area contributed by atoms with E-state index in [-0.39, 0.29) is 27.0 Å². The maximum absolute atomic E-state index is 11.9. The maximum Gasteiger partial charge on any atom is 0.347 e. The lowest BCUT2D eigenvalue weighted by atomic mass is 10.2. The number of halogens is 2. The van der Waals surface area contributed by atoms with E-state index in [1.807, 2.05) is 0 Å². The molecule has 21 heavy (non-hydrogen) atoms. The Bertz CT molecular complexity index is 715. The van der Waals surface area contributed by atoms with Gasteiger partial charge in [0.15, 0.2) is 0 Å². The van der Waals surface area contributed by atoms with Crippen molar-refractivity contribution in [3.05, 3.63) is 62.1 Å². The molecule has 0 spiro atoms. The number of nitro benzene ring substituents is 1. The van der Waals surface area contributed by atoms with Crippen LogP contribution in [0.2, 0.25) is 10.0 Å². The molecule has 0 atom stereocenters. The zero-order chi connectivity index (χ0) is 15.6. The van der Waals surface area contributed by atoms with Crippen LogP contribution in [0.15, 0.2) is 36.4 Å². The molecule has 0 fully saturated rings. The Labute approximate surface area is 128 Å². The van der Waals surface area contributed by atoms with Gasteiger partial charge in [0.1, 0.15) is 17.1 Å². The van der Waals surface area contributed by atoms with E-state index >= 15 is 0 Å². The largest absolute Gasteiger partial charge is 0.505 e. The first kappa shape index (κ1) is 15.1. The molecule has 0 saturated carbocycles. The molecule has 8 heteroatoms. The average molecular weight is 328 g/mol. The first-order valence-electron chi connectivity index (χ1n) is 5.53. The number of benzene rings is 2. The van der Waals surface area contributed by atoms with Crippen molar-refractivity contribution in [3.8, 4) is 11.5 Å². The Morgan fingerprint density at radius 2 is 1.81 bits per heavy atom. The summed E-state index contributed by atoms with van der Waals surface area (Å²) in [6.07, 6.45) is 0. The van der Waals surface area contributed by atoms with Crippen LogP contribution in [-0.2, 0) is 0 Å². The van der Waals surface area contributed by atoms with Gasteiger partial charge in [-0.05, 0) is 24.3 Å². The summed E-state index contributed by atoms with van der Waals surface area (Å²) in [5, 5.41) is 20.3. The lowest BCUT2D eigenvalue weighted by Gasteiger charge is -2.07. The van der Waals surface area contributed by atoms with Crippen LogP contribution < -0.4 is 4.74 Å². The van der Waals surface area contributed by atoms with E-state index in [2.05, 4.69) is 0 Å². The number of esters is 1. The van der Waals surface area contributed by atoms with Gasteiger partial charge in [0.05, 0.1) is 9.95 Å². The zero-order valence-corrected chi connectivity index (χ0v) is 11.8. The second kappa shape index (κ2) is 5.99. The Morgan fingerprint density at radius 1 is 1.19 bits per heavy atom. The fraction of sp³-hybridized carbons (Fsp3) is 0. The summed E-state index contributed by atoms with van der Waals surface area (Å²) in [5.41, 5.74) is -0.339. The lowest BCUT2D eigenvalue weighted by molar-refractivity contribution is -0.384. The second-order valence-corrected chi connectivity index (χ2v) is 4.77. The Balaban J connectivity index is 2.24. The molecule has 0 aliphatic heterocycles. The number of aromatic hydroxyl groups is 1. The van der Waals surface area contributed by atoms with Gasteiger partial charge >= 0.3 is 5.97 Å². The van der Waals surface area contributed by atoms with E-state index in [1.54, 1.807) is 0 Å². The van der Waals surface area contributed by atoms with Crippen LogP contribution in [0.1, 0.15) is 10.4 Å². The minimum atomic E-state index is -0.884. The van der Waals surface area contributed by atoms with Crippen LogP contribution in [0.4, 0.5) is 5.69 Å². The molecule has 2 aromatic carbocycles. The molecule has 0 heterocycles. The van der Waals surface area contributed by atoms with Gasteiger partial charge in [-0.25, -0.2) is 4.79 Å². The van der Waals surface area contributed by atoms with Gasteiger partial charge in [0.2, 0.25) is 0 Å². The van der Waals surface area contributed by atoms with Gasteiger partial charge in [-0.1, -0.05) is 23.2 Å². The maximum atomic E-state index is 11.9. The number of nitro groups is 1. The van der Waals surface area contributed by atoms with E-state index in [0.717, 1.165) is 0 Å². The van der Waals surface area contributed by atoms with Crippen LogP contribution in [0, 0.1) is 10.1 Å². The molecule has 2 rings (SSSR count). The molecule has 0 bridgehead atoms. The summed E-state index contributed by atoms with van der Waals surface area (Å²) in [5.74, 6) is -1.25. The summed E-state index contributed by atoms with van der Waals surface area (Å²) < 4.78 is 4.99. The van der Waals surface area contributed by atoms with Gasteiger partial charge in [0, 0.05) is 17.2 Å². The quantitative estimate of drug-likeness (QED) is 0.400. The van der Waals surface area contributed by atoms with Gasteiger partial charge in [-0.2, -0.15) is 0 Å². The molecule has 0 unspecified atom stereocenters. The average Bonchev–Trinajstić information content (AvgIpc) is 2.43. The topological polar surface area (TPSA) is 89.7 Å². The van der Waals surface area contributed by atoms with E-state index in [4.69, 9.17) is 27.9 Å². The van der Waals surface area contributed by atoms with Crippen molar-refractivity contribution in [2.24, 2.45) is 0 Å². The van der Waals surface area contributed by atoms with Gasteiger partial charge in [-0.3, -0.25) is 10.1 Å². The number of phenolic OH excluding ortho intramolecular Hbond substituents is 1. The standard InChI is InChI=1S/C13H7Cl2NO5/c14-7-5-10(12(17)11(15)6-7)13(18)21-9-3-1-8(2-4-9)16(19)20/h1-6,17H. The molecule has 2 aromatic rings. The summed E-state index contributed by atoms with van der Waals surface area (Å²) >= 11 is 11.5. The fourth-order valence-corrected chi connectivity index (χ4v) is 2.01. The Kier molecular flexibility index (Phi) is 4.30. The highest BCUT2D eigenvalue weighted by molar-refractivity contribution is 6.36. The minimum absolute atomic E-state index is 0.0843. The summed E-state index contributed by atoms with van der Waals surface area (Å²) in [6.45, 7) is 0. The smallest absolute Gasteiger partial charge is 0.347 e. The second-order valence-electron chi connectivity index (χ2n) is 3.92. The zero-order valence-electron chi connectivity index (χ0n) is 10.2. The number of carbonyl (C=O) groups excluding carboxylic acids is 1. The van der Waals surface area contributed by atoms with Crippen molar-refractivity contribution >= 4 is 34.9 Å². The fourth-order valence-electron chi connectivity index (χ4n) is 1.52. The van der Waals surface area contributed by atoms with Crippen LogP contribution in [0.5, 0.6) is 11.5 Å². The number of nitrogens with zero attached hydrogens (tertiary/aromatic N) is 1. The molecular formula is C13H7Cl2NO5. The van der Waals surface area contributed by atoms with E-state index in [1.165, 1.54) is 36.4 Å². The highest BCUT2D eigenvalue weighted by Gasteiger charge is 2.18. The SMILES string of the molecule is O=C(Oc1ccc([N+](=O)[O-])cc1)c1cc(Cl)cc(Cl)c1O. The highest BCUT2D eigenvalue weighted by atomic mass is 35.5. The van der Waals surface area contributed by atoms with E-state index < -0.39 is 16.6 Å². The number of hydrogen-bond acceptors (Lipinski definition) is 5. The van der Waals surface area contributed by atoms with Crippen molar-refractivity contribution in [1.29, 1.82) is 0 Å². The van der Waals surface area contributed by atoms with Crippen molar-refractivity contribution < 1.29 is 19.6 Å². The van der Waals surface area contributed by atoms with Gasteiger partial charge < -0.3 is 9.84 Å². The third-order valence-corrected chi connectivity index (χ3v) is 3.01. The number of hydrogen-bond donors (Lipinski definition) is 1. The summed E-state index contributed by atoms with van der Waals surface area (Å²) in [4.78, 5) is 21.9. The molecule has 0 amide bonds. The van der Waals surface area contributed by atoms with Crippen LogP contribution in [-0.4, -0.2) is 16.0 Å². The number of ether oxygens (including phenoxy) is 1. The third-order valence-electron chi connectivity index (χ3n) is 2.51. The van der Waals surface area contributed by atoms with Crippen LogP contribution >= 0.6 is 23.2 Å². The lowest BCUT2D eigenvalue weighted by Crippen LogP contribution is -2.09. The van der Waals surface area contributed by atoms with Gasteiger partial charge in [0.25, 0.3) is 5.69 Å². The van der Waals surface area contributed by atoms with Crippen molar-refractivity contribution in [1.82, 2.24) is 0 Å². The van der Waals surface area contributed by atoms with Crippen LogP contribution in [0.25, 0.3) is 0 Å². The van der Waals surface area contributed by atoms with Crippen LogP contribution in [0.3, 0.4) is 0 Å². The molecule has 0 saturated heterocycles. The van der Waals surface area contributed by atoms with Crippen molar-refractivity contribution in [3.63, 3.8) is 0 Å². The van der Waals surface area contributed by atoms with E-state index in [9.17, 15) is 20.0 Å². The molecule has 0 radical (unpaired) electrons. The predicted molar refractivity (Wildman–Crippen MR) is 76.2 cm³/mol. The van der Waals surface area contributed by atoms with Gasteiger partial charge in [-0.15, -0.1) is 0 Å². The molecule has 0 aromatic heterocycles. The Morgan fingerprint density at radius 3 is 2.38 bits per heavy atom. The molecule has 108 valence electrons. The normalized spacial score (nSPS) is 10.2. The summed E-state index contributed by atoms with van der Waals surface area (Å²) in [6, 6.07) is 7.39. The Hall–Kier alpha value is -2.31. The van der Waals surface area contributed by atoms with E-state index in [0.29, 0.717) is 0 Å². The molecule has 1 N–H and O–H groups in total. The van der Waals surface area contributed by atoms with Crippen molar-refractivity contribution in [2.75, 3.05) is 0 Å². The molecule has 0 aliphatic carbocycles. The molecule has 0 aliphatic rings. The predicted octanol–water partition coefficient (Wildman–Crippen LogP) is 3.83. The monoisotopic (exact) mass is 327 g/mol. The minimum Gasteiger partial charge on any atom is -0.505 e. The first-order chi connectivity index (χ1) is 9.88. The number of non-ortho nitro benzene ring substituents is 1.